The Morgan fingerprint density at radius 2 is 1.81 bits per heavy atom. The molecule has 118 valence electrons. The van der Waals surface area contributed by atoms with E-state index in [2.05, 4.69) is 12.2 Å². The minimum absolute atomic E-state index is 0.240. The molecular formula is C16H26N2O2S. The van der Waals surface area contributed by atoms with E-state index < -0.39 is 10.0 Å². The predicted octanol–water partition coefficient (Wildman–Crippen LogP) is 2.40. The topological polar surface area (TPSA) is 49.4 Å². The van der Waals surface area contributed by atoms with Gasteiger partial charge in [0.2, 0.25) is 10.0 Å². The molecule has 0 bridgehead atoms. The summed E-state index contributed by atoms with van der Waals surface area (Å²) in [7, 11) is -1.57. The van der Waals surface area contributed by atoms with Gasteiger partial charge in [-0.3, -0.25) is 4.31 Å². The van der Waals surface area contributed by atoms with Crippen LogP contribution < -0.4 is 9.62 Å². The third-order valence-electron chi connectivity index (χ3n) is 4.37. The number of hydrogen-bond acceptors (Lipinski definition) is 3. The molecule has 1 aromatic rings. The maximum Gasteiger partial charge on any atom is 0.234 e. The van der Waals surface area contributed by atoms with Crippen molar-refractivity contribution < 1.29 is 8.42 Å². The molecule has 1 aromatic carbocycles. The molecule has 1 aliphatic rings. The molecule has 1 N–H and O–H groups in total. The molecule has 2 rings (SSSR count). The van der Waals surface area contributed by atoms with Crippen LogP contribution >= 0.6 is 0 Å². The molecule has 0 spiro atoms. The maximum absolute atomic E-state index is 12.4. The molecule has 5 heteroatoms. The van der Waals surface area contributed by atoms with Crippen LogP contribution in [-0.4, -0.2) is 34.3 Å². The third kappa shape index (κ3) is 4.45. The van der Waals surface area contributed by atoms with Gasteiger partial charge in [0, 0.05) is 7.05 Å². The van der Waals surface area contributed by atoms with Crippen molar-refractivity contribution in [1.29, 1.82) is 0 Å². The number of aryl methyl sites for hydroxylation is 1. The van der Waals surface area contributed by atoms with Crippen LogP contribution in [0.1, 0.15) is 31.7 Å². The van der Waals surface area contributed by atoms with E-state index in [0.29, 0.717) is 5.92 Å². The van der Waals surface area contributed by atoms with Crippen molar-refractivity contribution in [2.75, 3.05) is 30.2 Å². The molecule has 1 aliphatic heterocycles. The molecule has 0 radical (unpaired) electrons. The molecule has 0 atom stereocenters. The summed E-state index contributed by atoms with van der Waals surface area (Å²) < 4.78 is 26.3. The van der Waals surface area contributed by atoms with Crippen molar-refractivity contribution in [3.8, 4) is 0 Å². The van der Waals surface area contributed by atoms with Crippen molar-refractivity contribution in [3.63, 3.8) is 0 Å². The lowest BCUT2D eigenvalue weighted by molar-refractivity contribution is 0.365. The zero-order valence-corrected chi connectivity index (χ0v) is 13.8. The van der Waals surface area contributed by atoms with Crippen molar-refractivity contribution in [2.24, 2.45) is 5.92 Å². The van der Waals surface area contributed by atoms with E-state index in [0.717, 1.165) is 44.5 Å². The van der Waals surface area contributed by atoms with Crippen molar-refractivity contribution in [2.45, 2.75) is 32.6 Å². The second-order valence-electron chi connectivity index (χ2n) is 5.79. The van der Waals surface area contributed by atoms with E-state index in [1.54, 1.807) is 7.05 Å². The minimum atomic E-state index is -3.22. The van der Waals surface area contributed by atoms with Crippen LogP contribution in [0, 0.1) is 5.92 Å². The minimum Gasteiger partial charge on any atom is -0.317 e. The summed E-state index contributed by atoms with van der Waals surface area (Å²) in [6.45, 7) is 4.12. The van der Waals surface area contributed by atoms with E-state index >= 15 is 0 Å². The molecule has 4 nitrogen and oxygen atoms in total. The highest BCUT2D eigenvalue weighted by Gasteiger charge is 2.21. The number of piperidine rings is 1. The van der Waals surface area contributed by atoms with Gasteiger partial charge in [-0.2, -0.15) is 0 Å². The van der Waals surface area contributed by atoms with Crippen molar-refractivity contribution in [1.82, 2.24) is 5.32 Å². The summed E-state index contributed by atoms with van der Waals surface area (Å²) in [5.74, 6) is 0.779. The van der Waals surface area contributed by atoms with Gasteiger partial charge in [-0.1, -0.05) is 19.1 Å². The van der Waals surface area contributed by atoms with Crippen LogP contribution in [0.15, 0.2) is 24.3 Å². The van der Waals surface area contributed by atoms with Gasteiger partial charge in [0.05, 0.1) is 11.4 Å². The van der Waals surface area contributed by atoms with Gasteiger partial charge >= 0.3 is 0 Å². The first-order valence-corrected chi connectivity index (χ1v) is 9.40. The lowest BCUT2D eigenvalue weighted by atomic mass is 9.96. The van der Waals surface area contributed by atoms with Gasteiger partial charge in [-0.05, 0) is 62.4 Å². The molecule has 0 aromatic heterocycles. The second-order valence-corrected chi connectivity index (χ2v) is 7.91. The number of benzene rings is 1. The zero-order chi connectivity index (χ0) is 15.3. The van der Waals surface area contributed by atoms with Crippen LogP contribution in [-0.2, 0) is 16.4 Å². The van der Waals surface area contributed by atoms with Gasteiger partial charge in [0.15, 0.2) is 0 Å². The highest BCUT2D eigenvalue weighted by molar-refractivity contribution is 7.92. The van der Waals surface area contributed by atoms with E-state index in [4.69, 9.17) is 0 Å². The van der Waals surface area contributed by atoms with Gasteiger partial charge in [-0.15, -0.1) is 0 Å². The monoisotopic (exact) mass is 310 g/mol. The summed E-state index contributed by atoms with van der Waals surface area (Å²) in [6, 6.07) is 7.77. The summed E-state index contributed by atoms with van der Waals surface area (Å²) in [4.78, 5) is 0. The van der Waals surface area contributed by atoms with Gasteiger partial charge < -0.3 is 5.32 Å². The van der Waals surface area contributed by atoms with Gasteiger partial charge in [-0.25, -0.2) is 8.42 Å². The Bertz CT molecular complexity index is 534. The normalized spacial score (nSPS) is 16.9. The molecule has 0 amide bonds. The third-order valence-corrected chi connectivity index (χ3v) is 6.17. The standard InChI is InChI=1S/C16H26N2O2S/c1-3-14-4-6-16(7-5-14)18(2)21(19,20)13-10-15-8-11-17-12-9-15/h4-7,15,17H,3,8-13H2,1-2H3. The zero-order valence-electron chi connectivity index (χ0n) is 13.0. The highest BCUT2D eigenvalue weighted by Crippen LogP contribution is 2.21. The SMILES string of the molecule is CCc1ccc(N(C)S(=O)(=O)CCC2CCNCC2)cc1. The van der Waals surface area contributed by atoms with E-state index in [1.807, 2.05) is 24.3 Å². The lowest BCUT2D eigenvalue weighted by Gasteiger charge is -2.24. The number of nitrogens with one attached hydrogen (secondary N) is 1. The van der Waals surface area contributed by atoms with Crippen LogP contribution in [0.3, 0.4) is 0 Å². The lowest BCUT2D eigenvalue weighted by Crippen LogP contribution is -2.32. The first-order valence-electron chi connectivity index (χ1n) is 7.79. The second kappa shape index (κ2) is 7.27. The van der Waals surface area contributed by atoms with Gasteiger partial charge in [0.25, 0.3) is 0 Å². The molecule has 1 fully saturated rings. The number of nitrogens with zero attached hydrogens (tertiary/aromatic N) is 1. The summed E-state index contributed by atoms with van der Waals surface area (Å²) >= 11 is 0. The number of rotatable bonds is 6. The van der Waals surface area contributed by atoms with E-state index in [-0.39, 0.29) is 5.75 Å². The first kappa shape index (κ1) is 16.3. The Morgan fingerprint density at radius 1 is 1.19 bits per heavy atom. The number of anilines is 1. The van der Waals surface area contributed by atoms with Gasteiger partial charge in [0.1, 0.15) is 0 Å². The van der Waals surface area contributed by atoms with E-state index in [9.17, 15) is 8.42 Å². The van der Waals surface area contributed by atoms with Crippen LogP contribution in [0.25, 0.3) is 0 Å². The van der Waals surface area contributed by atoms with E-state index in [1.165, 1.54) is 9.87 Å². The van der Waals surface area contributed by atoms with Crippen molar-refractivity contribution in [3.05, 3.63) is 29.8 Å². The molecule has 0 aliphatic carbocycles. The first-order chi connectivity index (χ1) is 10.0. The fourth-order valence-corrected chi connectivity index (χ4v) is 4.07. The largest absolute Gasteiger partial charge is 0.317 e. The summed E-state index contributed by atoms with van der Waals surface area (Å²) in [5, 5.41) is 3.31. The molecule has 0 unspecified atom stereocenters. The average Bonchev–Trinajstić information content (AvgIpc) is 2.53. The Labute approximate surface area is 128 Å². The highest BCUT2D eigenvalue weighted by atomic mass is 32.2. The Hall–Kier alpha value is -1.07. The molecule has 21 heavy (non-hydrogen) atoms. The number of hydrogen-bond donors (Lipinski definition) is 1. The number of sulfonamides is 1. The fraction of sp³-hybridized carbons (Fsp3) is 0.625. The van der Waals surface area contributed by atoms with Crippen LogP contribution in [0.2, 0.25) is 0 Å². The Balaban J connectivity index is 1.96. The molecule has 1 saturated heterocycles. The molecular weight excluding hydrogens is 284 g/mol. The predicted molar refractivity (Wildman–Crippen MR) is 88.2 cm³/mol. The summed E-state index contributed by atoms with van der Waals surface area (Å²) in [6.07, 6.45) is 3.91. The maximum atomic E-state index is 12.4. The summed E-state index contributed by atoms with van der Waals surface area (Å²) in [5.41, 5.74) is 1.97. The Morgan fingerprint density at radius 3 is 2.38 bits per heavy atom. The molecule has 0 saturated carbocycles. The fourth-order valence-electron chi connectivity index (χ4n) is 2.73. The average molecular weight is 310 g/mol. The van der Waals surface area contributed by atoms with Crippen LogP contribution in [0.4, 0.5) is 5.69 Å². The Kier molecular flexibility index (Phi) is 5.65. The van der Waals surface area contributed by atoms with Crippen LogP contribution in [0.5, 0.6) is 0 Å². The quantitative estimate of drug-likeness (QED) is 0.878. The smallest absolute Gasteiger partial charge is 0.234 e. The van der Waals surface area contributed by atoms with Crippen molar-refractivity contribution >= 4 is 15.7 Å². The molecule has 1 heterocycles.